The van der Waals surface area contributed by atoms with Crippen molar-refractivity contribution in [3.63, 3.8) is 0 Å². The molecule has 8 nitrogen and oxygen atoms in total. The van der Waals surface area contributed by atoms with Crippen LogP contribution in [0, 0.1) is 5.92 Å². The van der Waals surface area contributed by atoms with Crippen LogP contribution in [0.5, 0.6) is 0 Å². The molecule has 154 valence electrons. The number of carbonyl (C=O) groups is 1. The summed E-state index contributed by atoms with van der Waals surface area (Å²) in [4.78, 5) is 16.6. The summed E-state index contributed by atoms with van der Waals surface area (Å²) in [5.74, 6) is -0.277. The van der Waals surface area contributed by atoms with Gasteiger partial charge in [-0.1, -0.05) is 6.08 Å². The second-order valence-corrected chi connectivity index (χ2v) is 10.0. The van der Waals surface area contributed by atoms with Crippen LogP contribution in [0.1, 0.15) is 31.7 Å². The van der Waals surface area contributed by atoms with E-state index in [0.717, 1.165) is 5.56 Å². The van der Waals surface area contributed by atoms with Crippen molar-refractivity contribution < 1.29 is 27.8 Å². The fraction of sp³-hybridized carbons (Fsp3) is 0.500. The molecular weight excluding hydrogens is 396 g/mol. The normalized spacial score (nSPS) is 35.6. The number of benzene rings is 1. The number of sulfonamides is 1. The molecule has 2 N–H and O–H groups in total. The molecule has 0 aromatic heterocycles. The van der Waals surface area contributed by atoms with Crippen molar-refractivity contribution in [3.05, 3.63) is 41.5 Å². The molecule has 4 aliphatic rings. The molecule has 5 rings (SSSR count). The molecule has 1 saturated carbocycles. The second kappa shape index (κ2) is 6.13. The van der Waals surface area contributed by atoms with Gasteiger partial charge in [-0.25, -0.2) is 22.9 Å². The quantitative estimate of drug-likeness (QED) is 0.702. The number of aliphatic imine (C=N–C) groups is 1. The van der Waals surface area contributed by atoms with Gasteiger partial charge in [0.2, 0.25) is 15.9 Å². The molecule has 0 unspecified atom stereocenters. The molecule has 29 heavy (non-hydrogen) atoms. The molecule has 0 spiro atoms. The third kappa shape index (κ3) is 2.83. The van der Waals surface area contributed by atoms with Crippen LogP contribution in [0.2, 0.25) is 0 Å². The summed E-state index contributed by atoms with van der Waals surface area (Å²) in [6.45, 7) is 2.85. The molecule has 1 aromatic carbocycles. The first kappa shape index (κ1) is 18.8. The predicted molar refractivity (Wildman–Crippen MR) is 103 cm³/mol. The lowest BCUT2D eigenvalue weighted by atomic mass is 9.71. The number of carbonyl (C=O) groups excluding carboxylic acids is 1. The molecular formula is C20H22N2O6S. The SMILES string of the molecule is C[C@]1(NS(=O)(=O)c2ccc(C3=NCCO3)cc2)C=C2C(=O)O[C@@H]3CC[C@H](C1)[C@]23O. The van der Waals surface area contributed by atoms with E-state index in [4.69, 9.17) is 9.47 Å². The van der Waals surface area contributed by atoms with E-state index in [-0.39, 0.29) is 16.4 Å². The van der Waals surface area contributed by atoms with Crippen LogP contribution in [0.3, 0.4) is 0 Å². The number of aliphatic hydroxyl groups is 1. The Morgan fingerprint density at radius 3 is 2.69 bits per heavy atom. The summed E-state index contributed by atoms with van der Waals surface area (Å²) in [5.41, 5.74) is -1.40. The number of nitrogens with zero attached hydrogens (tertiary/aromatic N) is 1. The lowest BCUT2D eigenvalue weighted by Crippen LogP contribution is -2.54. The molecule has 1 saturated heterocycles. The van der Waals surface area contributed by atoms with Gasteiger partial charge in [0.05, 0.1) is 17.0 Å². The number of esters is 1. The van der Waals surface area contributed by atoms with E-state index >= 15 is 0 Å². The van der Waals surface area contributed by atoms with Crippen LogP contribution in [-0.2, 0) is 24.3 Å². The highest BCUT2D eigenvalue weighted by molar-refractivity contribution is 7.89. The molecule has 0 bridgehead atoms. The first-order chi connectivity index (χ1) is 13.7. The summed E-state index contributed by atoms with van der Waals surface area (Å²) < 4.78 is 39.5. The van der Waals surface area contributed by atoms with Crippen LogP contribution in [0.25, 0.3) is 0 Å². The highest BCUT2D eigenvalue weighted by atomic mass is 32.2. The van der Waals surface area contributed by atoms with E-state index in [1.807, 2.05) is 0 Å². The van der Waals surface area contributed by atoms with Crippen LogP contribution < -0.4 is 4.72 Å². The summed E-state index contributed by atoms with van der Waals surface area (Å²) >= 11 is 0. The Balaban J connectivity index is 1.43. The van der Waals surface area contributed by atoms with E-state index < -0.39 is 33.2 Å². The molecule has 2 heterocycles. The molecule has 0 radical (unpaired) electrons. The van der Waals surface area contributed by atoms with Gasteiger partial charge in [0, 0.05) is 11.1 Å². The van der Waals surface area contributed by atoms with Crippen LogP contribution >= 0.6 is 0 Å². The zero-order chi connectivity index (χ0) is 20.4. The van der Waals surface area contributed by atoms with Crippen molar-refractivity contribution in [2.24, 2.45) is 10.9 Å². The summed E-state index contributed by atoms with van der Waals surface area (Å²) in [6, 6.07) is 6.34. The molecule has 4 atom stereocenters. The minimum Gasteiger partial charge on any atom is -0.476 e. The number of nitrogens with one attached hydrogen (secondary N) is 1. The highest BCUT2D eigenvalue weighted by Gasteiger charge is 2.64. The Morgan fingerprint density at radius 2 is 2.00 bits per heavy atom. The predicted octanol–water partition coefficient (Wildman–Crippen LogP) is 0.897. The third-order valence-electron chi connectivity index (χ3n) is 6.29. The van der Waals surface area contributed by atoms with Crippen LogP contribution in [0.4, 0.5) is 0 Å². The molecule has 1 aromatic rings. The van der Waals surface area contributed by atoms with Gasteiger partial charge in [-0.3, -0.25) is 0 Å². The Labute approximate surface area is 168 Å². The topological polar surface area (TPSA) is 114 Å². The van der Waals surface area contributed by atoms with E-state index in [0.29, 0.717) is 38.3 Å². The van der Waals surface area contributed by atoms with E-state index in [2.05, 4.69) is 9.71 Å². The van der Waals surface area contributed by atoms with Gasteiger partial charge in [-0.2, -0.15) is 0 Å². The number of hydrogen-bond acceptors (Lipinski definition) is 7. The van der Waals surface area contributed by atoms with Gasteiger partial charge in [0.25, 0.3) is 0 Å². The van der Waals surface area contributed by atoms with Crippen molar-refractivity contribution >= 4 is 21.9 Å². The van der Waals surface area contributed by atoms with Crippen LogP contribution in [-0.4, -0.2) is 55.8 Å². The number of ether oxygens (including phenoxy) is 2. The zero-order valence-electron chi connectivity index (χ0n) is 15.9. The lowest BCUT2D eigenvalue weighted by Gasteiger charge is -2.40. The second-order valence-electron chi connectivity index (χ2n) is 8.34. The van der Waals surface area contributed by atoms with Gasteiger partial charge in [-0.15, -0.1) is 0 Å². The van der Waals surface area contributed by atoms with Crippen molar-refractivity contribution in [2.75, 3.05) is 13.2 Å². The molecule has 0 amide bonds. The Kier molecular flexibility index (Phi) is 3.97. The molecule has 9 heteroatoms. The Morgan fingerprint density at radius 1 is 1.24 bits per heavy atom. The monoisotopic (exact) mass is 418 g/mol. The first-order valence-corrected chi connectivity index (χ1v) is 11.2. The van der Waals surface area contributed by atoms with Gasteiger partial charge in [0.1, 0.15) is 18.3 Å². The lowest BCUT2D eigenvalue weighted by molar-refractivity contribution is -0.140. The van der Waals surface area contributed by atoms with Crippen molar-refractivity contribution in [1.29, 1.82) is 0 Å². The Hall–Kier alpha value is -2.23. The third-order valence-corrected chi connectivity index (χ3v) is 7.92. The average molecular weight is 418 g/mol. The average Bonchev–Trinajstić information content (AvgIpc) is 3.36. The van der Waals surface area contributed by atoms with E-state index in [9.17, 15) is 18.3 Å². The maximum absolute atomic E-state index is 13.0. The number of rotatable bonds is 4. The van der Waals surface area contributed by atoms with Gasteiger partial charge in [-0.05, 0) is 56.4 Å². The van der Waals surface area contributed by atoms with E-state index in [1.165, 1.54) is 18.2 Å². The fourth-order valence-electron chi connectivity index (χ4n) is 5.00. The fourth-order valence-corrected chi connectivity index (χ4v) is 6.37. The summed E-state index contributed by atoms with van der Waals surface area (Å²) in [6.07, 6.45) is 2.66. The standard InChI is InChI=1S/C20H22N2O6S/c1-19(10-13-4-7-16-20(13,24)15(11-19)18(23)28-16)22-29(25,26)14-5-2-12(3-6-14)17-21-8-9-27-17/h2-3,5-6,11,13,16,22,24H,4,7-10H2,1H3/t13-,16-,19-,20+/m1/s1. The zero-order valence-corrected chi connectivity index (χ0v) is 16.7. The van der Waals surface area contributed by atoms with Crippen molar-refractivity contribution in [1.82, 2.24) is 4.72 Å². The number of hydrogen-bond donors (Lipinski definition) is 2. The molecule has 2 fully saturated rings. The Bertz CT molecular complexity index is 1050. The van der Waals surface area contributed by atoms with E-state index in [1.54, 1.807) is 19.1 Å². The van der Waals surface area contributed by atoms with Crippen molar-refractivity contribution in [2.45, 2.75) is 48.3 Å². The van der Waals surface area contributed by atoms with Gasteiger partial charge >= 0.3 is 5.97 Å². The summed E-state index contributed by atoms with van der Waals surface area (Å²) in [7, 11) is -3.85. The minimum atomic E-state index is -3.85. The first-order valence-electron chi connectivity index (χ1n) is 9.70. The smallest absolute Gasteiger partial charge is 0.337 e. The maximum atomic E-state index is 13.0. The highest BCUT2D eigenvalue weighted by Crippen LogP contribution is 2.53. The molecule has 2 aliphatic heterocycles. The molecule has 2 aliphatic carbocycles. The summed E-state index contributed by atoms with van der Waals surface area (Å²) in [5, 5.41) is 11.0. The van der Waals surface area contributed by atoms with Gasteiger partial charge < -0.3 is 14.6 Å². The maximum Gasteiger partial charge on any atom is 0.337 e. The largest absolute Gasteiger partial charge is 0.476 e. The van der Waals surface area contributed by atoms with Gasteiger partial charge in [0.15, 0.2) is 0 Å². The minimum absolute atomic E-state index is 0.110. The van der Waals surface area contributed by atoms with Crippen LogP contribution in [0.15, 0.2) is 45.8 Å². The van der Waals surface area contributed by atoms with Crippen molar-refractivity contribution in [3.8, 4) is 0 Å².